The molecule has 156 valence electrons. The molecule has 0 aliphatic heterocycles. The molecule has 6 heteroatoms. The van der Waals surface area contributed by atoms with Crippen molar-refractivity contribution in [1.29, 1.82) is 5.26 Å². The van der Waals surface area contributed by atoms with Crippen LogP contribution in [0.3, 0.4) is 0 Å². The fourth-order valence-corrected chi connectivity index (χ4v) is 4.75. The van der Waals surface area contributed by atoms with Crippen molar-refractivity contribution in [2.75, 3.05) is 6.61 Å². The van der Waals surface area contributed by atoms with Crippen LogP contribution in [0, 0.1) is 23.2 Å². The van der Waals surface area contributed by atoms with E-state index in [0.717, 1.165) is 17.7 Å². The second-order valence-electron chi connectivity index (χ2n) is 7.72. The minimum absolute atomic E-state index is 0.130. The maximum absolute atomic E-state index is 12.6. The van der Waals surface area contributed by atoms with Crippen LogP contribution >= 0.6 is 11.8 Å². The smallest absolute Gasteiger partial charge is 0.339 e. The quantitative estimate of drug-likeness (QED) is 0.676. The molecule has 3 atom stereocenters. The van der Waals surface area contributed by atoms with Gasteiger partial charge < -0.3 is 10.1 Å². The number of hydrogen-bond donors (Lipinski definition) is 1. The Bertz CT molecular complexity index is 953. The summed E-state index contributed by atoms with van der Waals surface area (Å²) in [4.78, 5) is 26.4. The maximum atomic E-state index is 12.6. The van der Waals surface area contributed by atoms with E-state index in [0.29, 0.717) is 27.9 Å². The molecular formula is C24H26N2O3S. The van der Waals surface area contributed by atoms with Crippen LogP contribution in [0.25, 0.3) is 0 Å². The first-order chi connectivity index (χ1) is 14.5. The maximum Gasteiger partial charge on any atom is 0.339 e. The monoisotopic (exact) mass is 422 g/mol. The predicted octanol–water partition coefficient (Wildman–Crippen LogP) is 4.81. The molecule has 1 amide bonds. The zero-order valence-corrected chi connectivity index (χ0v) is 18.1. The van der Waals surface area contributed by atoms with Crippen LogP contribution in [0.4, 0.5) is 0 Å². The fourth-order valence-electron chi connectivity index (χ4n) is 3.73. The van der Waals surface area contributed by atoms with Gasteiger partial charge in [0.05, 0.1) is 11.1 Å². The standard InChI is InChI=1S/C24H26N2O3S/c1-16-8-7-11-20(17(16)2)26-23(27)15-29-24(28)19-10-4-6-13-22(19)30-21-12-5-3-9-18(21)14-25/h3-6,9-10,12-13,16-17,20H,7-8,11,15H2,1-2H3,(H,26,27)/t16-,17+,20-/m1/s1. The molecule has 1 fully saturated rings. The van der Waals surface area contributed by atoms with E-state index in [1.54, 1.807) is 30.3 Å². The summed E-state index contributed by atoms with van der Waals surface area (Å²) in [6.45, 7) is 4.07. The molecule has 5 nitrogen and oxygen atoms in total. The third kappa shape index (κ3) is 5.43. The Morgan fingerprint density at radius 2 is 1.80 bits per heavy atom. The first kappa shape index (κ1) is 21.9. The minimum atomic E-state index is -0.548. The van der Waals surface area contributed by atoms with Gasteiger partial charge in [0.15, 0.2) is 6.61 Å². The summed E-state index contributed by atoms with van der Waals surface area (Å²) < 4.78 is 5.30. The molecule has 0 radical (unpaired) electrons. The molecule has 30 heavy (non-hydrogen) atoms. The van der Waals surface area contributed by atoms with Crippen LogP contribution < -0.4 is 5.32 Å². The molecule has 1 N–H and O–H groups in total. The first-order valence-corrected chi connectivity index (χ1v) is 11.0. The van der Waals surface area contributed by atoms with Crippen molar-refractivity contribution in [3.05, 3.63) is 59.7 Å². The van der Waals surface area contributed by atoms with Crippen LogP contribution in [-0.4, -0.2) is 24.5 Å². The van der Waals surface area contributed by atoms with E-state index in [1.807, 2.05) is 18.2 Å². The van der Waals surface area contributed by atoms with Crippen LogP contribution in [-0.2, 0) is 9.53 Å². The van der Waals surface area contributed by atoms with Crippen LogP contribution in [0.1, 0.15) is 49.0 Å². The lowest BCUT2D eigenvalue weighted by atomic mass is 9.78. The number of nitriles is 1. The summed E-state index contributed by atoms with van der Waals surface area (Å²) in [7, 11) is 0. The summed E-state index contributed by atoms with van der Waals surface area (Å²) in [5, 5.41) is 12.3. The predicted molar refractivity (Wildman–Crippen MR) is 116 cm³/mol. The Kier molecular flexibility index (Phi) is 7.53. The average molecular weight is 423 g/mol. The summed E-state index contributed by atoms with van der Waals surface area (Å²) in [6, 6.07) is 16.6. The molecule has 3 rings (SSSR count). The molecule has 0 heterocycles. The van der Waals surface area contributed by atoms with Gasteiger partial charge in [-0.25, -0.2) is 4.79 Å². The van der Waals surface area contributed by atoms with Crippen molar-refractivity contribution in [2.45, 2.75) is 48.9 Å². The molecule has 1 aliphatic rings. The van der Waals surface area contributed by atoms with E-state index >= 15 is 0 Å². The van der Waals surface area contributed by atoms with E-state index in [-0.39, 0.29) is 18.6 Å². The summed E-state index contributed by atoms with van der Waals surface area (Å²) in [5.74, 6) is 0.171. The average Bonchev–Trinajstić information content (AvgIpc) is 2.76. The van der Waals surface area contributed by atoms with Gasteiger partial charge in [-0.3, -0.25) is 4.79 Å². The van der Waals surface area contributed by atoms with Crippen molar-refractivity contribution in [1.82, 2.24) is 5.32 Å². The highest BCUT2D eigenvalue weighted by molar-refractivity contribution is 7.99. The molecular weight excluding hydrogens is 396 g/mol. The van der Waals surface area contributed by atoms with Gasteiger partial charge in [-0.1, -0.05) is 62.7 Å². The molecule has 2 aromatic rings. The lowest BCUT2D eigenvalue weighted by molar-refractivity contribution is -0.125. The number of carbonyl (C=O) groups is 2. The SMILES string of the molecule is C[C@H]1[C@H](C)CCC[C@H]1NC(=O)COC(=O)c1ccccc1Sc1ccccc1C#N. The lowest BCUT2D eigenvalue weighted by Crippen LogP contribution is -2.45. The lowest BCUT2D eigenvalue weighted by Gasteiger charge is -2.34. The van der Waals surface area contributed by atoms with Gasteiger partial charge in [0.2, 0.25) is 0 Å². The van der Waals surface area contributed by atoms with E-state index < -0.39 is 5.97 Å². The third-order valence-corrected chi connectivity index (χ3v) is 6.87. The van der Waals surface area contributed by atoms with Crippen molar-refractivity contribution >= 4 is 23.6 Å². The Balaban J connectivity index is 1.62. The van der Waals surface area contributed by atoms with E-state index in [1.165, 1.54) is 18.2 Å². The van der Waals surface area contributed by atoms with Gasteiger partial charge in [0.25, 0.3) is 5.91 Å². The number of hydrogen-bond acceptors (Lipinski definition) is 5. The van der Waals surface area contributed by atoms with Crippen LogP contribution in [0.5, 0.6) is 0 Å². The van der Waals surface area contributed by atoms with Crippen LogP contribution in [0.2, 0.25) is 0 Å². The van der Waals surface area contributed by atoms with Gasteiger partial charge in [-0.15, -0.1) is 0 Å². The number of nitrogens with one attached hydrogen (secondary N) is 1. The van der Waals surface area contributed by atoms with E-state index in [9.17, 15) is 14.9 Å². The molecule has 0 unspecified atom stereocenters. The topological polar surface area (TPSA) is 79.2 Å². The summed E-state index contributed by atoms with van der Waals surface area (Å²) >= 11 is 1.33. The minimum Gasteiger partial charge on any atom is -0.452 e. The number of nitrogens with zero attached hydrogens (tertiary/aromatic N) is 1. The Labute approximate surface area is 181 Å². The third-order valence-electron chi connectivity index (χ3n) is 5.72. The Hall–Kier alpha value is -2.78. The number of ether oxygens (including phenoxy) is 1. The zero-order valence-electron chi connectivity index (χ0n) is 17.3. The fraction of sp³-hybridized carbons (Fsp3) is 0.375. The number of rotatable bonds is 6. The Morgan fingerprint density at radius 3 is 2.57 bits per heavy atom. The van der Waals surface area contributed by atoms with Gasteiger partial charge in [0, 0.05) is 15.8 Å². The zero-order chi connectivity index (χ0) is 21.5. The molecule has 1 saturated carbocycles. The van der Waals surface area contributed by atoms with Gasteiger partial charge in [0.1, 0.15) is 6.07 Å². The number of benzene rings is 2. The largest absolute Gasteiger partial charge is 0.452 e. The Morgan fingerprint density at radius 1 is 1.10 bits per heavy atom. The van der Waals surface area contributed by atoms with Crippen LogP contribution in [0.15, 0.2) is 58.3 Å². The molecule has 0 aromatic heterocycles. The van der Waals surface area contributed by atoms with Crippen molar-refractivity contribution in [2.24, 2.45) is 11.8 Å². The summed E-state index contributed by atoms with van der Waals surface area (Å²) in [5.41, 5.74) is 0.920. The van der Waals surface area contributed by atoms with Gasteiger partial charge >= 0.3 is 5.97 Å². The highest BCUT2D eigenvalue weighted by atomic mass is 32.2. The highest BCUT2D eigenvalue weighted by Crippen LogP contribution is 2.33. The molecule has 1 aliphatic carbocycles. The van der Waals surface area contributed by atoms with Crippen molar-refractivity contribution < 1.29 is 14.3 Å². The molecule has 0 spiro atoms. The van der Waals surface area contributed by atoms with Crippen molar-refractivity contribution in [3.63, 3.8) is 0 Å². The molecule has 0 saturated heterocycles. The number of amides is 1. The van der Waals surface area contributed by atoms with Gasteiger partial charge in [-0.2, -0.15) is 5.26 Å². The first-order valence-electron chi connectivity index (χ1n) is 10.2. The molecule has 2 aromatic carbocycles. The van der Waals surface area contributed by atoms with Crippen molar-refractivity contribution in [3.8, 4) is 6.07 Å². The normalized spacial score (nSPS) is 20.8. The highest BCUT2D eigenvalue weighted by Gasteiger charge is 2.28. The number of esters is 1. The second kappa shape index (κ2) is 10.3. The second-order valence-corrected chi connectivity index (χ2v) is 8.81. The number of carbonyl (C=O) groups excluding carboxylic acids is 2. The molecule has 0 bridgehead atoms. The van der Waals surface area contributed by atoms with E-state index in [4.69, 9.17) is 4.74 Å². The van der Waals surface area contributed by atoms with Gasteiger partial charge in [-0.05, 0) is 42.5 Å². The summed E-state index contributed by atoms with van der Waals surface area (Å²) in [6.07, 6.45) is 3.25. The van der Waals surface area contributed by atoms with E-state index in [2.05, 4.69) is 25.2 Å².